The molecule has 5 rings (SSSR count). The van der Waals surface area contributed by atoms with Crippen molar-refractivity contribution in [3.63, 3.8) is 0 Å². The van der Waals surface area contributed by atoms with E-state index in [9.17, 15) is 4.79 Å². The molecule has 1 saturated heterocycles. The van der Waals surface area contributed by atoms with Gasteiger partial charge in [0.2, 0.25) is 0 Å². The van der Waals surface area contributed by atoms with Crippen molar-refractivity contribution < 1.29 is 4.79 Å². The number of aromatic amines is 1. The second kappa shape index (κ2) is 6.21. The Morgan fingerprint density at radius 1 is 1.30 bits per heavy atom. The van der Waals surface area contributed by atoms with Crippen molar-refractivity contribution in [3.8, 4) is 0 Å². The summed E-state index contributed by atoms with van der Waals surface area (Å²) in [4.78, 5) is 22.2. The molecule has 8 nitrogen and oxygen atoms in total. The van der Waals surface area contributed by atoms with Gasteiger partial charge in [-0.2, -0.15) is 0 Å². The summed E-state index contributed by atoms with van der Waals surface area (Å²) in [7, 11) is 0. The van der Waals surface area contributed by atoms with Crippen LogP contribution in [0.15, 0.2) is 18.5 Å². The highest BCUT2D eigenvalue weighted by molar-refractivity contribution is 5.76. The molecule has 2 aliphatic rings. The molecule has 1 aliphatic heterocycles. The number of fused-ring (bicyclic) bond motifs is 3. The summed E-state index contributed by atoms with van der Waals surface area (Å²) in [6.07, 6.45) is 7.05. The molecular weight excluding hydrogens is 342 g/mol. The van der Waals surface area contributed by atoms with Gasteiger partial charge in [0.05, 0.1) is 11.7 Å². The first-order chi connectivity index (χ1) is 13.1. The number of likely N-dealkylation sites (tertiary alicyclic amines) is 1. The smallest absolute Gasteiger partial charge is 0.317 e. The lowest BCUT2D eigenvalue weighted by Crippen LogP contribution is -2.46. The van der Waals surface area contributed by atoms with Crippen LogP contribution in [-0.4, -0.2) is 54.6 Å². The van der Waals surface area contributed by atoms with E-state index in [2.05, 4.69) is 43.7 Å². The molecule has 0 bridgehead atoms. The Hall–Kier alpha value is -2.64. The van der Waals surface area contributed by atoms with E-state index >= 15 is 0 Å². The highest BCUT2D eigenvalue weighted by Gasteiger charge is 2.41. The summed E-state index contributed by atoms with van der Waals surface area (Å²) in [5, 5.41) is 12.0. The zero-order chi connectivity index (χ0) is 18.5. The van der Waals surface area contributed by atoms with E-state index in [0.29, 0.717) is 24.4 Å². The predicted octanol–water partition coefficient (Wildman–Crippen LogP) is 2.54. The number of nitrogens with one attached hydrogen (secondary N) is 2. The normalized spacial score (nSPS) is 23.4. The molecule has 4 heterocycles. The summed E-state index contributed by atoms with van der Waals surface area (Å²) in [5.41, 5.74) is 2.55. The Kier molecular flexibility index (Phi) is 3.80. The van der Waals surface area contributed by atoms with Crippen molar-refractivity contribution in [3.05, 3.63) is 24.3 Å². The van der Waals surface area contributed by atoms with Gasteiger partial charge in [-0.3, -0.25) is 4.40 Å². The number of urea groups is 1. The molecule has 8 heteroatoms. The number of hydrogen-bond donors (Lipinski definition) is 2. The van der Waals surface area contributed by atoms with Gasteiger partial charge in [0.25, 0.3) is 0 Å². The van der Waals surface area contributed by atoms with E-state index < -0.39 is 0 Å². The Morgan fingerprint density at radius 2 is 2.15 bits per heavy atom. The maximum absolute atomic E-state index is 12.7. The molecule has 2 amide bonds. The van der Waals surface area contributed by atoms with Crippen LogP contribution >= 0.6 is 0 Å². The van der Waals surface area contributed by atoms with Gasteiger partial charge < -0.3 is 15.2 Å². The quantitative estimate of drug-likeness (QED) is 0.744. The topological polar surface area (TPSA) is 91.2 Å². The second-order valence-electron chi connectivity index (χ2n) is 8.22. The Balaban J connectivity index is 1.50. The minimum absolute atomic E-state index is 0.0649. The van der Waals surface area contributed by atoms with Crippen LogP contribution in [0.1, 0.15) is 44.9 Å². The van der Waals surface area contributed by atoms with Gasteiger partial charge in [0.15, 0.2) is 11.3 Å². The molecule has 0 aromatic carbocycles. The SMILES string of the molecule is CC(C)C1CN(C(=O)NC2CCC2)C[C@H]1c1nnc2cnc3[nH]ccc3n12. The van der Waals surface area contributed by atoms with E-state index in [1.165, 1.54) is 6.42 Å². The highest BCUT2D eigenvalue weighted by Crippen LogP contribution is 2.37. The predicted molar refractivity (Wildman–Crippen MR) is 101 cm³/mol. The zero-order valence-corrected chi connectivity index (χ0v) is 15.7. The summed E-state index contributed by atoms with van der Waals surface area (Å²) < 4.78 is 2.09. The number of H-pyrrole nitrogens is 1. The minimum Gasteiger partial charge on any atom is -0.345 e. The van der Waals surface area contributed by atoms with E-state index in [0.717, 1.165) is 42.0 Å². The largest absolute Gasteiger partial charge is 0.345 e. The molecule has 1 saturated carbocycles. The van der Waals surface area contributed by atoms with Crippen LogP contribution in [0.2, 0.25) is 0 Å². The Bertz CT molecular complexity index is 986. The zero-order valence-electron chi connectivity index (χ0n) is 15.7. The molecule has 0 spiro atoms. The molecule has 1 aliphatic carbocycles. The van der Waals surface area contributed by atoms with Gasteiger partial charge in [0, 0.05) is 31.2 Å². The lowest BCUT2D eigenvalue weighted by atomic mass is 9.85. The number of rotatable bonds is 3. The van der Waals surface area contributed by atoms with Crippen molar-refractivity contribution in [2.75, 3.05) is 13.1 Å². The van der Waals surface area contributed by atoms with Gasteiger partial charge in [-0.05, 0) is 37.2 Å². The lowest BCUT2D eigenvalue weighted by Gasteiger charge is -2.29. The maximum atomic E-state index is 12.7. The number of carbonyl (C=O) groups is 1. The molecule has 2 N–H and O–H groups in total. The molecular formula is C19H25N7O. The van der Waals surface area contributed by atoms with Crippen molar-refractivity contribution in [2.45, 2.75) is 45.1 Å². The van der Waals surface area contributed by atoms with Gasteiger partial charge >= 0.3 is 6.03 Å². The molecule has 3 aromatic rings. The molecule has 0 radical (unpaired) electrons. The van der Waals surface area contributed by atoms with Crippen LogP contribution < -0.4 is 5.32 Å². The van der Waals surface area contributed by atoms with E-state index in [-0.39, 0.29) is 11.9 Å². The van der Waals surface area contributed by atoms with Crippen molar-refractivity contribution >= 4 is 22.8 Å². The first-order valence-electron chi connectivity index (χ1n) is 9.84. The standard InChI is InChI=1S/C19H25N7O/c1-11(2)13-9-25(19(27)22-12-4-3-5-12)10-14(13)18-24-23-16-8-21-17-15(26(16)18)6-7-20-17/h6-8,11-14,20H,3-5,9-10H2,1-2H3,(H,22,27)/t13?,14-/m1/s1. The third-order valence-corrected chi connectivity index (χ3v) is 6.24. The van der Waals surface area contributed by atoms with Crippen LogP contribution in [0.3, 0.4) is 0 Å². The van der Waals surface area contributed by atoms with Gasteiger partial charge in [-0.25, -0.2) is 9.78 Å². The summed E-state index contributed by atoms with van der Waals surface area (Å²) in [6, 6.07) is 2.42. The van der Waals surface area contributed by atoms with Crippen molar-refractivity contribution in [1.82, 2.24) is 34.8 Å². The maximum Gasteiger partial charge on any atom is 0.317 e. The number of carbonyl (C=O) groups excluding carboxylic acids is 1. The minimum atomic E-state index is 0.0649. The highest BCUT2D eigenvalue weighted by atomic mass is 16.2. The van der Waals surface area contributed by atoms with Gasteiger partial charge in [0.1, 0.15) is 5.82 Å². The first-order valence-corrected chi connectivity index (χ1v) is 9.84. The fourth-order valence-electron chi connectivity index (χ4n) is 4.40. The number of nitrogens with zero attached hydrogens (tertiary/aromatic N) is 5. The van der Waals surface area contributed by atoms with Crippen LogP contribution in [-0.2, 0) is 0 Å². The fraction of sp³-hybridized carbons (Fsp3) is 0.579. The van der Waals surface area contributed by atoms with E-state index in [4.69, 9.17) is 0 Å². The summed E-state index contributed by atoms with van der Waals surface area (Å²) >= 11 is 0. The van der Waals surface area contributed by atoms with Crippen LogP contribution in [0.5, 0.6) is 0 Å². The average Bonchev–Trinajstić information content (AvgIpc) is 3.32. The third-order valence-electron chi connectivity index (χ3n) is 6.24. The first kappa shape index (κ1) is 16.5. The Morgan fingerprint density at radius 3 is 2.89 bits per heavy atom. The molecule has 3 aromatic heterocycles. The fourth-order valence-corrected chi connectivity index (χ4v) is 4.40. The summed E-state index contributed by atoms with van der Waals surface area (Å²) in [5.74, 6) is 1.89. The van der Waals surface area contributed by atoms with E-state index in [1.54, 1.807) is 6.20 Å². The van der Waals surface area contributed by atoms with Crippen molar-refractivity contribution in [2.24, 2.45) is 11.8 Å². The molecule has 2 fully saturated rings. The van der Waals surface area contributed by atoms with Gasteiger partial charge in [-0.15, -0.1) is 10.2 Å². The third kappa shape index (κ3) is 2.65. The molecule has 2 atom stereocenters. The number of aromatic nitrogens is 5. The number of hydrogen-bond acceptors (Lipinski definition) is 4. The molecule has 27 heavy (non-hydrogen) atoms. The van der Waals surface area contributed by atoms with Crippen LogP contribution in [0, 0.1) is 11.8 Å². The van der Waals surface area contributed by atoms with Gasteiger partial charge in [-0.1, -0.05) is 13.8 Å². The van der Waals surface area contributed by atoms with Crippen LogP contribution in [0.25, 0.3) is 16.8 Å². The lowest BCUT2D eigenvalue weighted by molar-refractivity contribution is 0.193. The second-order valence-corrected chi connectivity index (χ2v) is 8.22. The number of amides is 2. The average molecular weight is 367 g/mol. The molecule has 1 unspecified atom stereocenters. The monoisotopic (exact) mass is 367 g/mol. The van der Waals surface area contributed by atoms with Crippen molar-refractivity contribution in [1.29, 1.82) is 0 Å². The van der Waals surface area contributed by atoms with E-state index in [1.807, 2.05) is 17.2 Å². The summed E-state index contributed by atoms with van der Waals surface area (Å²) in [6.45, 7) is 5.89. The Labute approximate surface area is 157 Å². The van der Waals surface area contributed by atoms with Crippen LogP contribution in [0.4, 0.5) is 4.79 Å². The molecule has 142 valence electrons.